The van der Waals surface area contributed by atoms with Gasteiger partial charge in [0, 0.05) is 110 Å². The standard InChI is InChI=1S/C57H86N12O17/c1-4-58-55(80)54-63-62-53(44-34-43(39(2)3)46(70)35-47(44)71)69(54)42-7-5-40(6-8-42)33-41-11-17-68(18-12-41)49(73)13-27-84-29-31-86-32-30-85-28-16-61-57(83)60-15-14-59-48(72)10-9-45(56(81)82)67-25-23-65(37-51(76)77)21-19-64(36-50(74)75)20-22-66(24-26-67)38-52(78)79/h5-8,34-35,39,41,45,70-71H,4,9-33,36-38H2,1-3H3,(H,58,80)(H,59,72)(H,74,75)(H,76,77)(H,78,79)(H,81,82)(H2,60,61,83)/t45-/m1/s1. The first-order chi connectivity index (χ1) is 41.2. The van der Waals surface area contributed by atoms with Gasteiger partial charge in [0.25, 0.3) is 5.91 Å². The molecule has 476 valence electrons. The van der Waals surface area contributed by atoms with Crippen molar-refractivity contribution in [2.75, 3.05) is 151 Å². The number of carboxylic acids is 4. The molecule has 29 nitrogen and oxygen atoms in total. The molecule has 0 spiro atoms. The first-order valence-electron chi connectivity index (χ1n) is 29.2. The van der Waals surface area contributed by atoms with E-state index in [-0.39, 0.29) is 166 Å². The van der Waals surface area contributed by atoms with Crippen molar-refractivity contribution >= 4 is 47.6 Å². The zero-order chi connectivity index (χ0) is 62.5. The first kappa shape index (κ1) is 69.2. The van der Waals surface area contributed by atoms with Gasteiger partial charge >= 0.3 is 29.9 Å². The quantitative estimate of drug-likeness (QED) is 0.0373. The van der Waals surface area contributed by atoms with Crippen molar-refractivity contribution in [3.8, 4) is 28.6 Å². The van der Waals surface area contributed by atoms with E-state index in [4.69, 9.17) is 14.2 Å². The summed E-state index contributed by atoms with van der Waals surface area (Å²) in [5.74, 6) is -4.96. The first-order valence-corrected chi connectivity index (χ1v) is 29.2. The third-order valence-electron chi connectivity index (χ3n) is 14.7. The summed E-state index contributed by atoms with van der Waals surface area (Å²) in [4.78, 5) is 107. The van der Waals surface area contributed by atoms with E-state index >= 15 is 0 Å². The number of hydrogen-bond donors (Lipinski definition) is 10. The Bertz CT molecular complexity index is 2660. The van der Waals surface area contributed by atoms with Crippen molar-refractivity contribution in [2.24, 2.45) is 5.92 Å². The molecule has 1 aromatic heterocycles. The Labute approximate surface area is 499 Å². The molecular formula is C57H86N12O17. The van der Waals surface area contributed by atoms with E-state index in [1.54, 1.807) is 37.2 Å². The second kappa shape index (κ2) is 36.5. The number of nitrogens with zero attached hydrogens (tertiary/aromatic N) is 8. The molecule has 5 rings (SSSR count). The number of aromatic nitrogens is 3. The average Bonchev–Trinajstić information content (AvgIpc) is 1.71. The Morgan fingerprint density at radius 1 is 0.616 bits per heavy atom. The Balaban J connectivity index is 0.897. The zero-order valence-corrected chi connectivity index (χ0v) is 49.5. The normalized spacial score (nSPS) is 15.7. The fraction of sp³-hybridized carbons (Fsp3) is 0.614. The molecule has 1 atom stereocenters. The summed E-state index contributed by atoms with van der Waals surface area (Å²) >= 11 is 0. The highest BCUT2D eigenvalue weighted by molar-refractivity contribution is 5.92. The summed E-state index contributed by atoms with van der Waals surface area (Å²) in [7, 11) is 0. The molecule has 5 amide bonds. The molecule has 2 aliphatic rings. The highest BCUT2D eigenvalue weighted by Gasteiger charge is 2.30. The molecule has 0 bridgehead atoms. The lowest BCUT2D eigenvalue weighted by Crippen LogP contribution is -2.52. The molecule has 3 aromatic rings. The molecule has 10 N–H and O–H groups in total. The molecule has 2 aliphatic heterocycles. The van der Waals surface area contributed by atoms with Crippen molar-refractivity contribution in [3.63, 3.8) is 0 Å². The molecule has 3 heterocycles. The number of ether oxygens (including phenoxy) is 3. The maximum atomic E-state index is 13.1. The Morgan fingerprint density at radius 3 is 1.70 bits per heavy atom. The van der Waals surface area contributed by atoms with Crippen LogP contribution in [0, 0.1) is 5.92 Å². The van der Waals surface area contributed by atoms with Gasteiger partial charge in [-0.15, -0.1) is 10.2 Å². The van der Waals surface area contributed by atoms with Gasteiger partial charge in [-0.25, -0.2) is 4.79 Å². The number of carboxylic acid groups (broad SMARTS) is 4. The molecule has 0 aliphatic carbocycles. The van der Waals surface area contributed by atoms with E-state index in [0.29, 0.717) is 62.2 Å². The lowest BCUT2D eigenvalue weighted by molar-refractivity contribution is -0.145. The predicted octanol–water partition coefficient (Wildman–Crippen LogP) is 0.564. The summed E-state index contributed by atoms with van der Waals surface area (Å²) in [5.41, 5.74) is 2.67. The topological polar surface area (TPSA) is 381 Å². The summed E-state index contributed by atoms with van der Waals surface area (Å²) < 4.78 is 18.3. The fourth-order valence-electron chi connectivity index (χ4n) is 10.1. The van der Waals surface area contributed by atoms with Crippen LogP contribution < -0.4 is 21.3 Å². The number of nitrogens with one attached hydrogen (secondary N) is 4. The molecule has 0 saturated carbocycles. The lowest BCUT2D eigenvalue weighted by Gasteiger charge is -2.35. The summed E-state index contributed by atoms with van der Waals surface area (Å²) in [6.45, 7) is 9.38. The molecule has 86 heavy (non-hydrogen) atoms. The van der Waals surface area contributed by atoms with Crippen LogP contribution in [0.5, 0.6) is 11.5 Å². The maximum absolute atomic E-state index is 13.1. The van der Waals surface area contributed by atoms with Gasteiger partial charge in [-0.2, -0.15) is 0 Å². The van der Waals surface area contributed by atoms with Gasteiger partial charge in [-0.05, 0) is 73.8 Å². The van der Waals surface area contributed by atoms with E-state index in [1.807, 2.05) is 43.0 Å². The number of rotatable bonds is 33. The van der Waals surface area contributed by atoms with Crippen LogP contribution in [0.4, 0.5) is 4.79 Å². The van der Waals surface area contributed by atoms with Gasteiger partial charge in [0.05, 0.1) is 71.3 Å². The Kier molecular flexibility index (Phi) is 29.3. The van der Waals surface area contributed by atoms with E-state index < -0.39 is 47.8 Å². The number of carbonyl (C=O) groups excluding carboxylic acids is 4. The van der Waals surface area contributed by atoms with Crippen molar-refractivity contribution in [1.82, 2.24) is 60.5 Å². The third-order valence-corrected chi connectivity index (χ3v) is 14.7. The van der Waals surface area contributed by atoms with Gasteiger partial charge < -0.3 is 71.0 Å². The highest BCUT2D eigenvalue weighted by atomic mass is 16.5. The maximum Gasteiger partial charge on any atom is 0.320 e. The van der Waals surface area contributed by atoms with Crippen LogP contribution in [0.1, 0.15) is 80.5 Å². The number of aromatic hydroxyl groups is 2. The number of amides is 5. The van der Waals surface area contributed by atoms with Gasteiger partial charge in [0.1, 0.15) is 17.5 Å². The Hall–Kier alpha value is -7.54. The van der Waals surface area contributed by atoms with Crippen LogP contribution in [0.25, 0.3) is 17.1 Å². The summed E-state index contributed by atoms with van der Waals surface area (Å²) in [5, 5.41) is 79.1. The summed E-state index contributed by atoms with van der Waals surface area (Å²) in [6.07, 6.45) is 2.48. The number of piperidine rings is 1. The average molecular weight is 1210 g/mol. The number of phenols is 2. The number of benzene rings is 2. The smallest absolute Gasteiger partial charge is 0.320 e. The second-order valence-electron chi connectivity index (χ2n) is 21.4. The summed E-state index contributed by atoms with van der Waals surface area (Å²) in [6, 6.07) is 9.06. The number of likely N-dealkylation sites (tertiary alicyclic amines) is 1. The largest absolute Gasteiger partial charge is 0.508 e. The highest BCUT2D eigenvalue weighted by Crippen LogP contribution is 2.38. The monoisotopic (exact) mass is 1210 g/mol. The van der Waals surface area contributed by atoms with Crippen LogP contribution in [-0.4, -0.2) is 274 Å². The molecular weight excluding hydrogens is 1120 g/mol. The van der Waals surface area contributed by atoms with Gasteiger partial charge in [-0.3, -0.25) is 57.7 Å². The van der Waals surface area contributed by atoms with Crippen LogP contribution in [0.3, 0.4) is 0 Å². The van der Waals surface area contributed by atoms with E-state index in [1.165, 1.54) is 6.07 Å². The fourth-order valence-corrected chi connectivity index (χ4v) is 10.1. The number of carbonyl (C=O) groups is 8. The SMILES string of the molecule is CCNC(=O)c1nnc(-c2cc(C(C)C)c(O)cc2O)n1-c1ccc(CC2CCN(C(=O)CCOCCOCCOCCNC(=O)NCCNC(=O)CC[C@H](C(=O)O)N3CCN(CC(=O)O)CCN(CC(=O)O)CCN(CC(=O)O)CC3)CC2)cc1. The van der Waals surface area contributed by atoms with Crippen LogP contribution in [0.2, 0.25) is 0 Å². The van der Waals surface area contributed by atoms with Crippen molar-refractivity contribution < 1.29 is 83.2 Å². The van der Waals surface area contributed by atoms with Crippen LogP contribution in [0.15, 0.2) is 36.4 Å². The molecule has 2 fully saturated rings. The van der Waals surface area contributed by atoms with E-state index in [0.717, 1.165) is 24.8 Å². The van der Waals surface area contributed by atoms with Crippen molar-refractivity contribution in [3.05, 3.63) is 53.3 Å². The minimum Gasteiger partial charge on any atom is -0.508 e. The molecule has 2 aromatic carbocycles. The molecule has 2 saturated heterocycles. The minimum atomic E-state index is -1.21. The number of phenolic OH excluding ortho intramolecular Hbond substituents is 2. The van der Waals surface area contributed by atoms with E-state index in [2.05, 4.69) is 31.5 Å². The zero-order valence-electron chi connectivity index (χ0n) is 49.5. The number of urea groups is 1. The van der Waals surface area contributed by atoms with Crippen molar-refractivity contribution in [2.45, 2.75) is 71.3 Å². The minimum absolute atomic E-state index is 0.0324. The van der Waals surface area contributed by atoms with Gasteiger partial charge in [-0.1, -0.05) is 26.0 Å². The molecule has 29 heteroatoms. The van der Waals surface area contributed by atoms with Gasteiger partial charge in [0.2, 0.25) is 17.6 Å². The predicted molar refractivity (Wildman–Crippen MR) is 311 cm³/mol. The van der Waals surface area contributed by atoms with Crippen LogP contribution in [-0.2, 0) is 49.4 Å². The molecule has 0 radical (unpaired) electrons. The van der Waals surface area contributed by atoms with Gasteiger partial charge in [0.15, 0.2) is 5.82 Å². The number of aliphatic carboxylic acids is 4. The van der Waals surface area contributed by atoms with E-state index in [9.17, 15) is 69.0 Å². The lowest BCUT2D eigenvalue weighted by atomic mass is 9.90. The Morgan fingerprint density at radius 2 is 1.15 bits per heavy atom. The van der Waals surface area contributed by atoms with Crippen LogP contribution >= 0.6 is 0 Å². The number of hydrogen-bond acceptors (Lipinski definition) is 19. The van der Waals surface area contributed by atoms with Crippen molar-refractivity contribution in [1.29, 1.82) is 0 Å². The second-order valence-corrected chi connectivity index (χ2v) is 21.4. The molecule has 0 unspecified atom stereocenters. The third kappa shape index (κ3) is 23.7.